The molecule has 0 atom stereocenters. The van der Waals surface area contributed by atoms with E-state index in [1.54, 1.807) is 24.3 Å². The summed E-state index contributed by atoms with van der Waals surface area (Å²) in [7, 11) is -0.882. The van der Waals surface area contributed by atoms with E-state index in [9.17, 15) is 13.2 Å². The Kier molecular flexibility index (Phi) is 8.06. The molecule has 7 nitrogen and oxygen atoms in total. The van der Waals surface area contributed by atoms with Gasteiger partial charge in [0.2, 0.25) is 5.91 Å². The predicted molar refractivity (Wildman–Crippen MR) is 124 cm³/mol. The summed E-state index contributed by atoms with van der Waals surface area (Å²) in [6.07, 6.45) is 3.76. The zero-order chi connectivity index (χ0) is 22.3. The number of hydrogen-bond donors (Lipinski definition) is 1. The van der Waals surface area contributed by atoms with Crippen LogP contribution < -0.4 is 9.62 Å². The minimum atomic E-state index is -3.80. The van der Waals surface area contributed by atoms with Gasteiger partial charge in [0, 0.05) is 27.2 Å². The smallest absolute Gasteiger partial charge is 0.304 e. The topological polar surface area (TPSA) is 73.0 Å². The molecule has 3 rings (SSSR count). The van der Waals surface area contributed by atoms with E-state index in [0.717, 1.165) is 33.8 Å². The third-order valence-electron chi connectivity index (χ3n) is 5.51. The molecule has 0 aliphatic carbocycles. The second kappa shape index (κ2) is 10.7. The number of nitrogens with one attached hydrogen (secondary N) is 1. The lowest BCUT2D eigenvalue weighted by Crippen LogP contribution is -2.45. The van der Waals surface area contributed by atoms with Crippen molar-refractivity contribution in [2.24, 2.45) is 0 Å². The van der Waals surface area contributed by atoms with Crippen molar-refractivity contribution in [3.63, 3.8) is 0 Å². The molecule has 1 aliphatic rings. The van der Waals surface area contributed by atoms with Crippen LogP contribution in [0.1, 0.15) is 30.4 Å². The Bertz CT molecular complexity index is 958. The predicted octanol–water partition coefficient (Wildman–Crippen LogP) is 2.60. The lowest BCUT2D eigenvalue weighted by molar-refractivity contribution is -0.119. The molecule has 0 saturated carbocycles. The fraction of sp³-hybridized carbons (Fsp3) is 0.435. The number of hydrogen-bond acceptors (Lipinski definition) is 4. The van der Waals surface area contributed by atoms with E-state index in [4.69, 9.17) is 0 Å². The first-order valence-electron chi connectivity index (χ1n) is 10.7. The number of piperidine rings is 1. The lowest BCUT2D eigenvalue weighted by atomic mass is 10.0. The molecule has 1 N–H and O–H groups in total. The van der Waals surface area contributed by atoms with Crippen LogP contribution in [0.3, 0.4) is 0 Å². The average molecular weight is 445 g/mol. The van der Waals surface area contributed by atoms with Crippen LogP contribution in [0.5, 0.6) is 0 Å². The Hall–Kier alpha value is -2.42. The number of nitrogens with zero attached hydrogens (tertiary/aromatic N) is 3. The summed E-state index contributed by atoms with van der Waals surface area (Å²) in [4.78, 5) is 15.2. The molecule has 0 bridgehead atoms. The Morgan fingerprint density at radius 3 is 2.19 bits per heavy atom. The quantitative estimate of drug-likeness (QED) is 0.645. The van der Waals surface area contributed by atoms with Gasteiger partial charge in [0.25, 0.3) is 0 Å². The van der Waals surface area contributed by atoms with Gasteiger partial charge in [0.1, 0.15) is 6.54 Å². The molecule has 8 heteroatoms. The third kappa shape index (κ3) is 6.29. The van der Waals surface area contributed by atoms with E-state index in [1.165, 1.54) is 38.9 Å². The van der Waals surface area contributed by atoms with Crippen LogP contribution in [0.4, 0.5) is 5.69 Å². The van der Waals surface area contributed by atoms with Gasteiger partial charge in [-0.05, 0) is 49.2 Å². The molecule has 1 aliphatic heterocycles. The monoisotopic (exact) mass is 444 g/mol. The first-order chi connectivity index (χ1) is 14.9. The molecule has 0 unspecified atom stereocenters. The summed E-state index contributed by atoms with van der Waals surface area (Å²) < 4.78 is 27.8. The molecular weight excluding hydrogens is 412 g/mol. The summed E-state index contributed by atoms with van der Waals surface area (Å²) in [5.41, 5.74) is 2.71. The van der Waals surface area contributed by atoms with E-state index >= 15 is 0 Å². The van der Waals surface area contributed by atoms with Crippen molar-refractivity contribution in [2.75, 3.05) is 38.0 Å². The van der Waals surface area contributed by atoms with Crippen LogP contribution in [0.15, 0.2) is 54.6 Å². The van der Waals surface area contributed by atoms with E-state index in [2.05, 4.69) is 16.3 Å². The number of rotatable bonds is 9. The maximum Gasteiger partial charge on any atom is 0.304 e. The number of carbonyl (C=O) groups is 1. The molecule has 31 heavy (non-hydrogen) atoms. The maximum absolute atomic E-state index is 12.8. The zero-order valence-electron chi connectivity index (χ0n) is 18.3. The highest BCUT2D eigenvalue weighted by Crippen LogP contribution is 2.19. The Labute approximate surface area is 185 Å². The normalized spacial score (nSPS) is 15.1. The van der Waals surface area contributed by atoms with Gasteiger partial charge >= 0.3 is 10.2 Å². The molecule has 0 aromatic heterocycles. The maximum atomic E-state index is 12.8. The number of benzene rings is 2. The number of carbonyl (C=O) groups excluding carboxylic acids is 1. The zero-order valence-corrected chi connectivity index (χ0v) is 19.1. The SMILES string of the molecule is CN(C)S(=O)(=O)N(CC(=O)NCc1ccccc1CN1CCCCC1)c1ccccc1. The highest BCUT2D eigenvalue weighted by Gasteiger charge is 2.27. The molecule has 1 heterocycles. The number of amides is 1. The molecule has 0 spiro atoms. The van der Waals surface area contributed by atoms with E-state index in [-0.39, 0.29) is 12.5 Å². The second-order valence-corrected chi connectivity index (χ2v) is 10.1. The van der Waals surface area contributed by atoms with Crippen molar-refractivity contribution in [1.29, 1.82) is 0 Å². The average Bonchev–Trinajstić information content (AvgIpc) is 2.78. The summed E-state index contributed by atoms with van der Waals surface area (Å²) in [6, 6.07) is 16.8. The van der Waals surface area contributed by atoms with E-state index in [0.29, 0.717) is 12.2 Å². The minimum Gasteiger partial charge on any atom is -0.350 e. The Balaban J connectivity index is 1.67. The summed E-state index contributed by atoms with van der Waals surface area (Å²) in [6.45, 7) is 3.17. The molecule has 2 aromatic rings. The first kappa shape index (κ1) is 23.2. The van der Waals surface area contributed by atoms with Crippen molar-refractivity contribution in [3.8, 4) is 0 Å². The highest BCUT2D eigenvalue weighted by atomic mass is 32.2. The van der Waals surface area contributed by atoms with Crippen molar-refractivity contribution in [3.05, 3.63) is 65.7 Å². The second-order valence-electron chi connectivity index (χ2n) is 8.01. The van der Waals surface area contributed by atoms with Crippen molar-refractivity contribution < 1.29 is 13.2 Å². The van der Waals surface area contributed by atoms with Gasteiger partial charge in [0.15, 0.2) is 0 Å². The molecule has 1 fully saturated rings. The molecular formula is C23H32N4O3S. The Morgan fingerprint density at radius 1 is 0.935 bits per heavy atom. The van der Waals surface area contributed by atoms with Gasteiger partial charge < -0.3 is 5.32 Å². The van der Waals surface area contributed by atoms with E-state index in [1.807, 2.05) is 24.3 Å². The fourth-order valence-corrected chi connectivity index (χ4v) is 4.78. The fourth-order valence-electron chi connectivity index (χ4n) is 3.72. The number of para-hydroxylation sites is 1. The molecule has 1 saturated heterocycles. The molecule has 168 valence electrons. The van der Waals surface area contributed by atoms with E-state index < -0.39 is 10.2 Å². The Morgan fingerprint density at radius 2 is 1.55 bits per heavy atom. The minimum absolute atomic E-state index is 0.279. The van der Waals surface area contributed by atoms with Crippen molar-refractivity contribution in [1.82, 2.24) is 14.5 Å². The number of likely N-dealkylation sites (tertiary alicyclic amines) is 1. The summed E-state index contributed by atoms with van der Waals surface area (Å²) in [5, 5.41) is 2.91. The van der Waals surface area contributed by atoms with Gasteiger partial charge in [-0.3, -0.25) is 9.69 Å². The molecule has 0 radical (unpaired) electrons. The number of anilines is 1. The van der Waals surface area contributed by atoms with Gasteiger partial charge in [0.05, 0.1) is 5.69 Å². The third-order valence-corrected chi connectivity index (χ3v) is 7.33. The van der Waals surface area contributed by atoms with Crippen LogP contribution in [0.25, 0.3) is 0 Å². The van der Waals surface area contributed by atoms with Crippen LogP contribution in [0.2, 0.25) is 0 Å². The van der Waals surface area contributed by atoms with Crippen LogP contribution in [-0.2, 0) is 28.1 Å². The summed E-state index contributed by atoms with van der Waals surface area (Å²) >= 11 is 0. The van der Waals surface area contributed by atoms with Crippen molar-refractivity contribution >= 4 is 21.8 Å². The van der Waals surface area contributed by atoms with Crippen LogP contribution >= 0.6 is 0 Å². The van der Waals surface area contributed by atoms with Gasteiger partial charge in [-0.25, -0.2) is 4.31 Å². The van der Waals surface area contributed by atoms with Gasteiger partial charge in [-0.1, -0.05) is 48.9 Å². The molecule has 2 aromatic carbocycles. The highest BCUT2D eigenvalue weighted by molar-refractivity contribution is 7.90. The van der Waals surface area contributed by atoms with Crippen molar-refractivity contribution in [2.45, 2.75) is 32.4 Å². The first-order valence-corrected chi connectivity index (χ1v) is 12.1. The van der Waals surface area contributed by atoms with Gasteiger partial charge in [-0.2, -0.15) is 12.7 Å². The van der Waals surface area contributed by atoms with Crippen LogP contribution in [-0.4, -0.2) is 57.3 Å². The standard InChI is InChI=1S/C23H32N4O3S/c1-25(2)31(29,30)27(22-13-5-3-6-14-22)19-23(28)24-17-20-11-7-8-12-21(20)18-26-15-9-4-10-16-26/h3,5-8,11-14H,4,9-10,15-19H2,1-2H3,(H,24,28). The summed E-state index contributed by atoms with van der Waals surface area (Å²) in [5.74, 6) is -0.345. The lowest BCUT2D eigenvalue weighted by Gasteiger charge is -2.28. The van der Waals surface area contributed by atoms with Gasteiger partial charge in [-0.15, -0.1) is 0 Å². The van der Waals surface area contributed by atoms with Crippen LogP contribution in [0, 0.1) is 0 Å². The molecule has 1 amide bonds. The largest absolute Gasteiger partial charge is 0.350 e.